The Bertz CT molecular complexity index is 1160. The Morgan fingerprint density at radius 3 is 2.66 bits per heavy atom. The maximum atomic E-state index is 15.2. The van der Waals surface area contributed by atoms with Crippen LogP contribution in [0.15, 0.2) is 36.5 Å². The van der Waals surface area contributed by atoms with E-state index in [0.717, 1.165) is 29.2 Å². The summed E-state index contributed by atoms with van der Waals surface area (Å²) in [4.78, 5) is 6.49. The molecule has 1 aliphatic heterocycles. The van der Waals surface area contributed by atoms with E-state index in [0.29, 0.717) is 35.1 Å². The van der Waals surface area contributed by atoms with Crippen molar-refractivity contribution in [1.82, 2.24) is 14.5 Å². The number of aliphatic hydroxyl groups excluding tert-OH is 1. The average molecular weight is 476 g/mol. The number of nitrogens with zero attached hydrogens (tertiary/aromatic N) is 3. The van der Waals surface area contributed by atoms with Crippen molar-refractivity contribution in [2.75, 3.05) is 13.1 Å². The first-order valence-electron chi connectivity index (χ1n) is 10.7. The molecule has 0 radical (unpaired) electrons. The molecule has 0 unspecified atom stereocenters. The second-order valence-electron chi connectivity index (χ2n) is 8.60. The Morgan fingerprint density at radius 1 is 1.19 bits per heavy atom. The lowest BCUT2D eigenvalue weighted by molar-refractivity contribution is 0.0790. The SMILES string of the molecule is Cc1cnc(C)n1-c1ccc(O[C@@H]2c3cc(Cl)cc(Cl)c3C[C@@H]2N2CC[C@H](O)C2)c(F)c1. The van der Waals surface area contributed by atoms with Crippen LogP contribution >= 0.6 is 23.2 Å². The van der Waals surface area contributed by atoms with E-state index in [-0.39, 0.29) is 17.9 Å². The summed E-state index contributed by atoms with van der Waals surface area (Å²) in [7, 11) is 0. The number of benzene rings is 2. The van der Waals surface area contributed by atoms with Gasteiger partial charge in [0, 0.05) is 46.7 Å². The third-order valence-corrected chi connectivity index (χ3v) is 7.03. The van der Waals surface area contributed by atoms with Crippen LogP contribution in [0, 0.1) is 19.7 Å². The van der Waals surface area contributed by atoms with Crippen LogP contribution in [0.3, 0.4) is 0 Å². The summed E-state index contributed by atoms with van der Waals surface area (Å²) in [6, 6.07) is 8.47. The lowest BCUT2D eigenvalue weighted by Crippen LogP contribution is -2.39. The average Bonchev–Trinajstić information content (AvgIpc) is 3.41. The van der Waals surface area contributed by atoms with E-state index in [1.807, 2.05) is 30.5 Å². The van der Waals surface area contributed by atoms with Crippen molar-refractivity contribution in [2.45, 2.75) is 44.9 Å². The third kappa shape index (κ3) is 3.79. The minimum atomic E-state index is -0.447. The molecule has 0 spiro atoms. The predicted octanol–water partition coefficient (Wildman–Crippen LogP) is 5.05. The van der Waals surface area contributed by atoms with Crippen molar-refractivity contribution in [1.29, 1.82) is 0 Å². The molecule has 168 valence electrons. The van der Waals surface area contributed by atoms with Crippen molar-refractivity contribution >= 4 is 23.2 Å². The van der Waals surface area contributed by atoms with Crippen LogP contribution in [0.2, 0.25) is 10.0 Å². The van der Waals surface area contributed by atoms with E-state index in [1.54, 1.807) is 18.3 Å². The van der Waals surface area contributed by atoms with E-state index >= 15 is 4.39 Å². The Hall–Kier alpha value is -2.12. The van der Waals surface area contributed by atoms with Crippen LogP contribution in [-0.4, -0.2) is 44.8 Å². The number of β-amino-alcohol motifs (C(OH)–C–C–N with tert-alkyl or cyclic N) is 1. The summed E-state index contributed by atoms with van der Waals surface area (Å²) < 4.78 is 23.4. The van der Waals surface area contributed by atoms with Gasteiger partial charge in [0.2, 0.25) is 0 Å². The first-order valence-corrected chi connectivity index (χ1v) is 11.4. The summed E-state index contributed by atoms with van der Waals surface area (Å²) in [6.07, 6.45) is 2.33. The number of aromatic nitrogens is 2. The Morgan fingerprint density at radius 2 is 2.00 bits per heavy atom. The second kappa shape index (κ2) is 8.34. The molecule has 32 heavy (non-hydrogen) atoms. The topological polar surface area (TPSA) is 50.5 Å². The molecule has 5 rings (SSSR count). The normalized spacial score (nSPS) is 23.0. The number of hydrogen-bond acceptors (Lipinski definition) is 4. The van der Waals surface area contributed by atoms with Gasteiger partial charge < -0.3 is 14.4 Å². The molecule has 2 aliphatic rings. The maximum Gasteiger partial charge on any atom is 0.167 e. The molecule has 0 bridgehead atoms. The molecular weight excluding hydrogens is 452 g/mol. The van der Waals surface area contributed by atoms with Crippen LogP contribution in [0.4, 0.5) is 4.39 Å². The van der Waals surface area contributed by atoms with Crippen LogP contribution in [0.1, 0.15) is 35.2 Å². The van der Waals surface area contributed by atoms with E-state index in [1.165, 1.54) is 6.07 Å². The van der Waals surface area contributed by atoms with Gasteiger partial charge in [-0.15, -0.1) is 0 Å². The van der Waals surface area contributed by atoms with E-state index in [9.17, 15) is 5.11 Å². The summed E-state index contributed by atoms with van der Waals surface area (Å²) in [5.74, 6) is 0.511. The summed E-state index contributed by atoms with van der Waals surface area (Å²) in [5.41, 5.74) is 3.46. The molecular formula is C24H24Cl2FN3O2. The second-order valence-corrected chi connectivity index (χ2v) is 9.44. The first-order chi connectivity index (χ1) is 15.3. The molecule has 1 aromatic heterocycles. The zero-order valence-corrected chi connectivity index (χ0v) is 19.4. The highest BCUT2D eigenvalue weighted by atomic mass is 35.5. The van der Waals surface area contributed by atoms with Gasteiger partial charge >= 0.3 is 0 Å². The predicted molar refractivity (Wildman–Crippen MR) is 123 cm³/mol. The molecule has 3 aromatic rings. The molecule has 0 saturated carbocycles. The minimum Gasteiger partial charge on any atom is -0.481 e. The lowest BCUT2D eigenvalue weighted by Gasteiger charge is -2.30. The maximum absolute atomic E-state index is 15.2. The minimum absolute atomic E-state index is 0.0599. The lowest BCUT2D eigenvalue weighted by atomic mass is 10.1. The van der Waals surface area contributed by atoms with Gasteiger partial charge in [-0.3, -0.25) is 4.90 Å². The Kier molecular flexibility index (Phi) is 5.66. The number of fused-ring (bicyclic) bond motifs is 1. The molecule has 1 fully saturated rings. The Labute approximate surface area is 196 Å². The van der Waals surface area contributed by atoms with E-state index in [4.69, 9.17) is 27.9 Å². The molecule has 1 N–H and O–H groups in total. The molecule has 2 aromatic carbocycles. The van der Waals surface area contributed by atoms with Gasteiger partial charge in [0.05, 0.1) is 17.8 Å². The summed E-state index contributed by atoms with van der Waals surface area (Å²) in [5, 5.41) is 11.2. The van der Waals surface area contributed by atoms with Crippen molar-refractivity contribution in [3.8, 4) is 11.4 Å². The third-order valence-electron chi connectivity index (χ3n) is 6.47. The highest BCUT2D eigenvalue weighted by Gasteiger charge is 2.42. The van der Waals surface area contributed by atoms with E-state index in [2.05, 4.69) is 9.88 Å². The van der Waals surface area contributed by atoms with Gasteiger partial charge in [-0.25, -0.2) is 9.37 Å². The van der Waals surface area contributed by atoms with Crippen LogP contribution in [-0.2, 0) is 6.42 Å². The van der Waals surface area contributed by atoms with Crippen LogP contribution in [0.25, 0.3) is 5.69 Å². The number of imidazole rings is 1. The number of likely N-dealkylation sites (tertiary alicyclic amines) is 1. The van der Waals surface area contributed by atoms with Gasteiger partial charge in [-0.1, -0.05) is 23.2 Å². The number of halogens is 3. The van der Waals surface area contributed by atoms with Gasteiger partial charge in [0.1, 0.15) is 11.9 Å². The molecule has 0 amide bonds. The zero-order chi connectivity index (χ0) is 22.6. The smallest absolute Gasteiger partial charge is 0.167 e. The van der Waals surface area contributed by atoms with Crippen molar-refractivity contribution < 1.29 is 14.2 Å². The summed E-state index contributed by atoms with van der Waals surface area (Å²) in [6.45, 7) is 5.13. The standard InChI is InChI=1S/C24H24Cl2FN3O2/c1-13-11-28-14(2)30(13)16-3-4-23(21(27)9-16)32-24-19-7-15(25)8-20(26)18(19)10-22(24)29-6-5-17(31)12-29/h3-4,7-9,11,17,22,24,31H,5-6,10,12H2,1-2H3/t17-,22-,24+/m0/s1. The number of aryl methyl sites for hydroxylation is 2. The number of hydrogen-bond donors (Lipinski definition) is 1. The number of ether oxygens (including phenoxy) is 1. The van der Waals surface area contributed by atoms with Crippen LogP contribution < -0.4 is 4.74 Å². The number of rotatable bonds is 4. The monoisotopic (exact) mass is 475 g/mol. The van der Waals surface area contributed by atoms with Crippen molar-refractivity contribution in [2.24, 2.45) is 0 Å². The fourth-order valence-electron chi connectivity index (χ4n) is 4.96. The molecule has 1 saturated heterocycles. The fraction of sp³-hybridized carbons (Fsp3) is 0.375. The first kappa shape index (κ1) is 21.7. The molecule has 3 atom stereocenters. The highest BCUT2D eigenvalue weighted by Crippen LogP contribution is 2.43. The van der Waals surface area contributed by atoms with Gasteiger partial charge in [-0.2, -0.15) is 0 Å². The molecule has 1 aliphatic carbocycles. The molecule has 8 heteroatoms. The quantitative estimate of drug-likeness (QED) is 0.573. The van der Waals surface area contributed by atoms with Crippen molar-refractivity contribution in [3.05, 3.63) is 75.0 Å². The number of aliphatic hydroxyl groups is 1. The largest absolute Gasteiger partial charge is 0.481 e. The molecule has 5 nitrogen and oxygen atoms in total. The van der Waals surface area contributed by atoms with Crippen LogP contribution in [0.5, 0.6) is 5.75 Å². The van der Waals surface area contributed by atoms with Gasteiger partial charge in [-0.05, 0) is 56.5 Å². The van der Waals surface area contributed by atoms with Crippen molar-refractivity contribution in [3.63, 3.8) is 0 Å². The Balaban J connectivity index is 1.50. The molecule has 2 heterocycles. The summed E-state index contributed by atoms with van der Waals surface area (Å²) >= 11 is 12.8. The highest BCUT2D eigenvalue weighted by molar-refractivity contribution is 6.35. The zero-order valence-electron chi connectivity index (χ0n) is 17.9. The van der Waals surface area contributed by atoms with Gasteiger partial charge in [0.25, 0.3) is 0 Å². The fourth-order valence-corrected chi connectivity index (χ4v) is 5.54. The van der Waals surface area contributed by atoms with Gasteiger partial charge in [0.15, 0.2) is 11.6 Å². The van der Waals surface area contributed by atoms with E-state index < -0.39 is 11.9 Å².